The van der Waals surface area contributed by atoms with E-state index in [4.69, 9.17) is 5.73 Å². The van der Waals surface area contributed by atoms with E-state index in [9.17, 15) is 4.79 Å². The van der Waals surface area contributed by atoms with Crippen molar-refractivity contribution in [2.24, 2.45) is 28.6 Å². The van der Waals surface area contributed by atoms with Crippen LogP contribution in [-0.2, 0) is 4.79 Å². The number of carbonyl (C=O) groups excluding carboxylic acids is 1. The molecular formula is C22H31N3OS. The number of hydrogen-bond acceptors (Lipinski definition) is 4. The first-order valence-corrected chi connectivity index (χ1v) is 11.4. The normalized spacial score (nSPS) is 46.1. The molecule has 3 fully saturated rings. The van der Waals surface area contributed by atoms with Crippen LogP contribution in [0.4, 0.5) is 5.13 Å². The van der Waals surface area contributed by atoms with E-state index in [0.29, 0.717) is 28.4 Å². The van der Waals surface area contributed by atoms with Gasteiger partial charge in [-0.05, 0) is 67.8 Å². The number of rotatable bonds is 1. The van der Waals surface area contributed by atoms with Gasteiger partial charge in [0.1, 0.15) is 0 Å². The third kappa shape index (κ3) is 2.33. The van der Waals surface area contributed by atoms with E-state index in [0.717, 1.165) is 18.3 Å². The first-order chi connectivity index (χ1) is 12.8. The van der Waals surface area contributed by atoms with Gasteiger partial charge in [0.05, 0.1) is 5.69 Å². The van der Waals surface area contributed by atoms with Gasteiger partial charge in [-0.25, -0.2) is 4.98 Å². The third-order valence-electron chi connectivity index (χ3n) is 9.02. The van der Waals surface area contributed by atoms with Crippen LogP contribution in [0.1, 0.15) is 64.0 Å². The Morgan fingerprint density at radius 3 is 2.74 bits per heavy atom. The molecular weight excluding hydrogens is 354 g/mol. The van der Waals surface area contributed by atoms with Gasteiger partial charge < -0.3 is 10.6 Å². The summed E-state index contributed by atoms with van der Waals surface area (Å²) >= 11 is 1.59. The van der Waals surface area contributed by atoms with Gasteiger partial charge in [-0.3, -0.25) is 4.79 Å². The SMILES string of the molecule is CN1C(=O)C=CC2(C)C3CC[C@]4(C)[C@@H](c5csc(N)n5)CC[C@H]4C3CCC12. The summed E-state index contributed by atoms with van der Waals surface area (Å²) in [7, 11) is 2.00. The molecule has 1 aliphatic heterocycles. The predicted octanol–water partition coefficient (Wildman–Crippen LogP) is 4.45. The number of anilines is 1. The van der Waals surface area contributed by atoms with Crippen molar-refractivity contribution in [1.29, 1.82) is 0 Å². The lowest BCUT2D eigenvalue weighted by atomic mass is 9.47. The number of nitrogens with zero attached hydrogens (tertiary/aromatic N) is 2. The molecule has 4 unspecified atom stereocenters. The quantitative estimate of drug-likeness (QED) is 0.777. The Bertz CT molecular complexity index is 803. The first-order valence-electron chi connectivity index (χ1n) is 10.5. The van der Waals surface area contributed by atoms with Gasteiger partial charge in [-0.15, -0.1) is 11.3 Å². The minimum absolute atomic E-state index is 0.135. The van der Waals surface area contributed by atoms with Crippen LogP contribution >= 0.6 is 11.3 Å². The smallest absolute Gasteiger partial charge is 0.246 e. The Morgan fingerprint density at radius 1 is 1.19 bits per heavy atom. The fourth-order valence-electron chi connectivity index (χ4n) is 7.68. The molecule has 4 nitrogen and oxygen atoms in total. The Morgan fingerprint density at radius 2 is 2.00 bits per heavy atom. The van der Waals surface area contributed by atoms with Crippen molar-refractivity contribution in [3.8, 4) is 0 Å². The maximum absolute atomic E-state index is 12.2. The predicted molar refractivity (Wildman–Crippen MR) is 109 cm³/mol. The summed E-state index contributed by atoms with van der Waals surface area (Å²) in [6.07, 6.45) is 11.6. The lowest BCUT2D eigenvalue weighted by Crippen LogP contribution is -2.59. The number of nitrogens with two attached hydrogens (primary N) is 1. The molecule has 1 aromatic heterocycles. The lowest BCUT2D eigenvalue weighted by Gasteiger charge is -2.60. The summed E-state index contributed by atoms with van der Waals surface area (Å²) in [4.78, 5) is 18.9. The topological polar surface area (TPSA) is 59.2 Å². The van der Waals surface area contributed by atoms with E-state index >= 15 is 0 Å². The number of thiazole rings is 1. The van der Waals surface area contributed by atoms with Crippen LogP contribution < -0.4 is 5.73 Å². The Hall–Kier alpha value is -1.36. The van der Waals surface area contributed by atoms with E-state index in [1.807, 2.05) is 18.0 Å². The van der Waals surface area contributed by atoms with Crippen molar-refractivity contribution in [2.45, 2.75) is 64.3 Å². The molecule has 146 valence electrons. The van der Waals surface area contributed by atoms with Gasteiger partial charge in [-0.1, -0.05) is 19.9 Å². The summed E-state index contributed by atoms with van der Waals surface area (Å²) in [6, 6.07) is 0.371. The second-order valence-corrected chi connectivity index (χ2v) is 10.8. The van der Waals surface area contributed by atoms with Crippen molar-refractivity contribution < 1.29 is 4.79 Å². The Balaban J connectivity index is 1.47. The summed E-state index contributed by atoms with van der Waals surface area (Å²) in [5.41, 5.74) is 7.67. The van der Waals surface area contributed by atoms with Gasteiger partial charge in [0.2, 0.25) is 5.91 Å². The summed E-state index contributed by atoms with van der Waals surface area (Å²) in [6.45, 7) is 4.95. The Labute approximate surface area is 166 Å². The molecule has 7 atom stereocenters. The van der Waals surface area contributed by atoms with E-state index in [2.05, 4.69) is 30.3 Å². The second kappa shape index (κ2) is 5.82. The molecule has 2 heterocycles. The van der Waals surface area contributed by atoms with E-state index in [-0.39, 0.29) is 11.3 Å². The molecule has 0 spiro atoms. The second-order valence-electron chi connectivity index (χ2n) is 9.90. The van der Waals surface area contributed by atoms with Crippen LogP contribution in [0.3, 0.4) is 0 Å². The molecule has 5 heteroatoms. The van der Waals surface area contributed by atoms with E-state index < -0.39 is 0 Å². The maximum Gasteiger partial charge on any atom is 0.246 e. The minimum Gasteiger partial charge on any atom is -0.375 e. The molecule has 0 bridgehead atoms. The monoisotopic (exact) mass is 385 g/mol. The first kappa shape index (κ1) is 17.7. The summed E-state index contributed by atoms with van der Waals surface area (Å²) < 4.78 is 0. The van der Waals surface area contributed by atoms with Gasteiger partial charge >= 0.3 is 0 Å². The molecule has 1 amide bonds. The number of aromatic nitrogens is 1. The van der Waals surface area contributed by atoms with Crippen molar-refractivity contribution >= 4 is 22.4 Å². The highest BCUT2D eigenvalue weighted by Crippen LogP contribution is 2.67. The lowest BCUT2D eigenvalue weighted by molar-refractivity contribution is -0.138. The van der Waals surface area contributed by atoms with Crippen LogP contribution in [0.15, 0.2) is 17.5 Å². The van der Waals surface area contributed by atoms with Gasteiger partial charge in [0.15, 0.2) is 5.13 Å². The largest absolute Gasteiger partial charge is 0.375 e. The molecule has 3 saturated carbocycles. The summed E-state index contributed by atoms with van der Waals surface area (Å²) in [5.74, 6) is 2.99. The maximum atomic E-state index is 12.2. The van der Waals surface area contributed by atoms with Gasteiger partial charge in [0.25, 0.3) is 0 Å². The fourth-order valence-corrected chi connectivity index (χ4v) is 8.30. The van der Waals surface area contributed by atoms with Crippen LogP contribution in [0, 0.1) is 28.6 Å². The number of amides is 1. The fraction of sp³-hybridized carbons (Fsp3) is 0.727. The summed E-state index contributed by atoms with van der Waals surface area (Å²) in [5, 5.41) is 2.90. The zero-order chi connectivity index (χ0) is 19.0. The van der Waals surface area contributed by atoms with Crippen molar-refractivity contribution in [3.63, 3.8) is 0 Å². The van der Waals surface area contributed by atoms with E-state index in [1.54, 1.807) is 11.3 Å². The van der Waals surface area contributed by atoms with Crippen LogP contribution in [0.2, 0.25) is 0 Å². The average molecular weight is 386 g/mol. The number of likely N-dealkylation sites (N-methyl/N-ethyl adjacent to an activating group) is 1. The molecule has 1 aromatic rings. The molecule has 5 rings (SSSR count). The average Bonchev–Trinajstić information content (AvgIpc) is 3.21. The number of fused-ring (bicyclic) bond motifs is 5. The third-order valence-corrected chi connectivity index (χ3v) is 9.72. The standard InChI is InChI=1S/C22H31N3OS/c1-21-10-8-15-13(4-7-18-22(15,2)11-9-19(26)25(18)3)14(21)5-6-16(21)17-12-27-20(23)24-17/h9,11-16,18H,4-8,10H2,1-3H3,(H2,23,24)/t13?,14-,15?,16+,18?,21-,22?/m0/s1. The highest BCUT2D eigenvalue weighted by atomic mass is 32.1. The van der Waals surface area contributed by atoms with Crippen molar-refractivity contribution in [1.82, 2.24) is 9.88 Å². The van der Waals surface area contributed by atoms with Crippen molar-refractivity contribution in [3.05, 3.63) is 23.2 Å². The van der Waals surface area contributed by atoms with Gasteiger partial charge in [0, 0.05) is 29.8 Å². The number of nitrogen functional groups attached to an aromatic ring is 1. The van der Waals surface area contributed by atoms with E-state index in [1.165, 1.54) is 37.8 Å². The van der Waals surface area contributed by atoms with Crippen LogP contribution in [0.25, 0.3) is 0 Å². The molecule has 0 saturated heterocycles. The number of hydrogen-bond donors (Lipinski definition) is 1. The molecule has 4 aliphatic rings. The number of carbonyl (C=O) groups is 1. The van der Waals surface area contributed by atoms with Crippen molar-refractivity contribution in [2.75, 3.05) is 12.8 Å². The molecule has 0 aromatic carbocycles. The molecule has 2 N–H and O–H groups in total. The molecule has 27 heavy (non-hydrogen) atoms. The highest BCUT2D eigenvalue weighted by molar-refractivity contribution is 7.13. The van der Waals surface area contributed by atoms with Gasteiger partial charge in [-0.2, -0.15) is 0 Å². The Kier molecular flexibility index (Phi) is 3.82. The van der Waals surface area contributed by atoms with Crippen LogP contribution in [-0.4, -0.2) is 28.9 Å². The highest BCUT2D eigenvalue weighted by Gasteiger charge is 2.60. The zero-order valence-electron chi connectivity index (χ0n) is 16.6. The molecule has 3 aliphatic carbocycles. The zero-order valence-corrected chi connectivity index (χ0v) is 17.5. The molecule has 0 radical (unpaired) electrons. The van der Waals surface area contributed by atoms with Crippen LogP contribution in [0.5, 0.6) is 0 Å². The minimum atomic E-state index is 0.135.